The van der Waals surface area contributed by atoms with Crippen LogP contribution in [-0.2, 0) is 14.3 Å². The molecule has 0 aromatic carbocycles. The van der Waals surface area contributed by atoms with Crippen LogP contribution in [0.25, 0.3) is 0 Å². The Morgan fingerprint density at radius 2 is 0.588 bits per heavy atom. The van der Waals surface area contributed by atoms with Gasteiger partial charge in [-0.2, -0.15) is 0 Å². The highest BCUT2D eigenvalue weighted by molar-refractivity contribution is 5.76. The first-order valence-electron chi connectivity index (χ1n) is 39.1. The van der Waals surface area contributed by atoms with E-state index in [0.29, 0.717) is 25.9 Å². The first-order valence-corrected chi connectivity index (χ1v) is 39.1. The molecule has 0 aliphatic rings. The van der Waals surface area contributed by atoms with Crippen LogP contribution in [0.5, 0.6) is 0 Å². The van der Waals surface area contributed by atoms with Gasteiger partial charge in [-0.25, -0.2) is 0 Å². The predicted octanol–water partition coefficient (Wildman–Crippen LogP) is 25.7. The summed E-state index contributed by atoms with van der Waals surface area (Å²) in [7, 11) is 0. The molecule has 0 aliphatic carbocycles. The van der Waals surface area contributed by atoms with Gasteiger partial charge in [-0.15, -0.1) is 0 Å². The van der Waals surface area contributed by atoms with Gasteiger partial charge in [-0.05, 0) is 57.8 Å². The molecule has 504 valence electrons. The lowest BCUT2D eigenvalue weighted by Crippen LogP contribution is -2.45. The average Bonchev–Trinajstić information content (AvgIpc) is 3.51. The number of hydrogen-bond acceptors (Lipinski definition) is 5. The van der Waals surface area contributed by atoms with Crippen LogP contribution in [-0.4, -0.2) is 47.4 Å². The Balaban J connectivity index is 3.31. The van der Waals surface area contributed by atoms with Crippen LogP contribution in [0.3, 0.4) is 0 Å². The first-order chi connectivity index (χ1) is 42.0. The van der Waals surface area contributed by atoms with Crippen LogP contribution in [0.4, 0.5) is 0 Å². The molecule has 1 amide bonds. The number of amides is 1. The number of aliphatic hydroxyl groups is 2. The Morgan fingerprint density at radius 1 is 0.329 bits per heavy atom. The highest BCUT2D eigenvalue weighted by Crippen LogP contribution is 2.20. The number of ether oxygens (including phenoxy) is 1. The quantitative estimate of drug-likeness (QED) is 0.0320. The van der Waals surface area contributed by atoms with Crippen molar-refractivity contribution in [3.8, 4) is 0 Å². The second-order valence-corrected chi connectivity index (χ2v) is 27.0. The third kappa shape index (κ3) is 71.3. The fraction of sp³-hybridized carbons (Fsp3) is 0.924. The topological polar surface area (TPSA) is 95.9 Å². The summed E-state index contributed by atoms with van der Waals surface area (Å²) in [6.45, 7) is 4.97. The van der Waals surface area contributed by atoms with Crippen LogP contribution in [0.15, 0.2) is 24.3 Å². The van der Waals surface area contributed by atoms with Gasteiger partial charge < -0.3 is 20.3 Å². The van der Waals surface area contributed by atoms with E-state index in [1.807, 2.05) is 0 Å². The van der Waals surface area contributed by atoms with Gasteiger partial charge in [0.05, 0.1) is 25.4 Å². The number of unbranched alkanes of at least 4 members (excludes halogenated alkanes) is 59. The summed E-state index contributed by atoms with van der Waals surface area (Å²) in [4.78, 5) is 24.6. The fourth-order valence-electron chi connectivity index (χ4n) is 12.6. The van der Waals surface area contributed by atoms with Crippen LogP contribution < -0.4 is 5.32 Å². The van der Waals surface area contributed by atoms with Crippen molar-refractivity contribution in [2.24, 2.45) is 0 Å². The summed E-state index contributed by atoms with van der Waals surface area (Å²) < 4.78 is 5.49. The van der Waals surface area contributed by atoms with Gasteiger partial charge in [-0.3, -0.25) is 9.59 Å². The van der Waals surface area contributed by atoms with Gasteiger partial charge >= 0.3 is 5.97 Å². The molecule has 0 saturated carbocycles. The van der Waals surface area contributed by atoms with Crippen molar-refractivity contribution in [2.45, 2.75) is 456 Å². The van der Waals surface area contributed by atoms with E-state index in [-0.39, 0.29) is 18.5 Å². The predicted molar refractivity (Wildman–Crippen MR) is 375 cm³/mol. The third-order valence-electron chi connectivity index (χ3n) is 18.5. The summed E-state index contributed by atoms with van der Waals surface area (Å²) in [5.41, 5.74) is 0. The highest BCUT2D eigenvalue weighted by atomic mass is 16.5. The second kappa shape index (κ2) is 74.8. The van der Waals surface area contributed by atoms with E-state index in [9.17, 15) is 19.8 Å². The smallest absolute Gasteiger partial charge is 0.305 e. The molecule has 0 radical (unpaired) electrons. The molecule has 0 aromatic rings. The third-order valence-corrected chi connectivity index (χ3v) is 18.5. The second-order valence-electron chi connectivity index (χ2n) is 27.0. The summed E-state index contributed by atoms with van der Waals surface area (Å²) in [5, 5.41) is 23.4. The van der Waals surface area contributed by atoms with Gasteiger partial charge in [0.1, 0.15) is 0 Å². The summed E-state index contributed by atoms with van der Waals surface area (Å²) in [5.74, 6) is -0.0158. The SMILES string of the molecule is CCCCC/C=C\C/C=C\CCCCCCCC(=O)OCCCCCCCCCCCCCCCCCCCCCCCCCCCCCCCCCCCCCC(=O)NC(CO)C(O)CCCCCCCCCCCCCCCCCCCC. The normalized spacial score (nSPS) is 12.6. The number of allylic oxidation sites excluding steroid dienone is 4. The zero-order chi connectivity index (χ0) is 61.3. The Kier molecular flexibility index (Phi) is 73.3. The van der Waals surface area contributed by atoms with Crippen LogP contribution in [0.2, 0.25) is 0 Å². The van der Waals surface area contributed by atoms with Gasteiger partial charge in [0.25, 0.3) is 0 Å². The largest absolute Gasteiger partial charge is 0.466 e. The fourth-order valence-corrected chi connectivity index (χ4v) is 12.6. The molecule has 0 aliphatic heterocycles. The van der Waals surface area contributed by atoms with Gasteiger partial charge in [0.15, 0.2) is 0 Å². The van der Waals surface area contributed by atoms with Gasteiger partial charge in [0, 0.05) is 12.8 Å². The minimum Gasteiger partial charge on any atom is -0.466 e. The molecule has 6 heteroatoms. The molecular formula is C79H153NO5. The Bertz CT molecular complexity index is 1330. The standard InChI is InChI=1S/C79H153NO5/c1-3-5-7-9-11-13-15-17-19-20-40-44-47-51-55-59-63-67-71-77(82)76(75-81)80-78(83)72-68-64-60-56-52-48-45-41-38-36-34-32-30-28-26-24-22-21-23-25-27-29-31-33-35-37-39-42-46-50-54-58-62-66-70-74-85-79(84)73-69-65-61-57-53-49-43-18-16-14-12-10-8-6-4-2/h12,14,18,43,76-77,81-82H,3-11,13,15-17,19-42,44-75H2,1-2H3,(H,80,83)/b14-12-,43-18-. The molecule has 2 atom stereocenters. The Morgan fingerprint density at radius 3 is 0.918 bits per heavy atom. The van der Waals surface area contributed by atoms with E-state index in [2.05, 4.69) is 43.5 Å². The van der Waals surface area contributed by atoms with Crippen molar-refractivity contribution in [2.75, 3.05) is 13.2 Å². The molecule has 3 N–H and O–H groups in total. The number of esters is 1. The molecule has 6 nitrogen and oxygen atoms in total. The molecule has 0 saturated heterocycles. The Labute approximate surface area is 532 Å². The molecule has 0 rings (SSSR count). The molecule has 0 bridgehead atoms. The lowest BCUT2D eigenvalue weighted by molar-refractivity contribution is -0.143. The summed E-state index contributed by atoms with van der Waals surface area (Å²) in [6, 6.07) is -0.537. The van der Waals surface area contributed by atoms with Gasteiger partial charge in [0.2, 0.25) is 5.91 Å². The van der Waals surface area contributed by atoms with Crippen LogP contribution in [0.1, 0.15) is 444 Å². The van der Waals surface area contributed by atoms with Crippen molar-refractivity contribution in [3.05, 3.63) is 24.3 Å². The molecule has 2 unspecified atom stereocenters. The maximum absolute atomic E-state index is 12.5. The average molecular weight is 1200 g/mol. The van der Waals surface area contributed by atoms with E-state index in [1.54, 1.807) is 0 Å². The number of carbonyl (C=O) groups is 2. The number of carbonyl (C=O) groups excluding carboxylic acids is 2. The first kappa shape index (κ1) is 83.3. The van der Waals surface area contributed by atoms with Crippen molar-refractivity contribution in [1.29, 1.82) is 0 Å². The molecule has 0 heterocycles. The maximum Gasteiger partial charge on any atom is 0.305 e. The maximum atomic E-state index is 12.5. The number of nitrogens with one attached hydrogen (secondary N) is 1. The van der Waals surface area contributed by atoms with Crippen molar-refractivity contribution in [1.82, 2.24) is 5.32 Å². The Hall–Kier alpha value is -1.66. The number of aliphatic hydroxyl groups excluding tert-OH is 2. The minimum atomic E-state index is -0.661. The molecule has 0 fully saturated rings. The van der Waals surface area contributed by atoms with Gasteiger partial charge in [-0.1, -0.05) is 398 Å². The zero-order valence-electron chi connectivity index (χ0n) is 57.9. The van der Waals surface area contributed by atoms with E-state index < -0.39 is 12.1 Å². The van der Waals surface area contributed by atoms with E-state index >= 15 is 0 Å². The molecule has 85 heavy (non-hydrogen) atoms. The van der Waals surface area contributed by atoms with Crippen LogP contribution in [0, 0.1) is 0 Å². The van der Waals surface area contributed by atoms with E-state index in [0.717, 1.165) is 51.4 Å². The number of hydrogen-bond donors (Lipinski definition) is 3. The zero-order valence-corrected chi connectivity index (χ0v) is 57.9. The minimum absolute atomic E-state index is 0.00933. The van der Waals surface area contributed by atoms with E-state index in [1.165, 1.54) is 360 Å². The number of rotatable bonds is 74. The molecular weight excluding hydrogens is 1040 g/mol. The van der Waals surface area contributed by atoms with Crippen molar-refractivity contribution >= 4 is 11.9 Å². The molecule has 0 spiro atoms. The summed E-state index contributed by atoms with van der Waals surface area (Å²) >= 11 is 0. The van der Waals surface area contributed by atoms with E-state index in [4.69, 9.17) is 4.74 Å². The molecule has 0 aromatic heterocycles. The van der Waals surface area contributed by atoms with Crippen molar-refractivity contribution < 1.29 is 24.5 Å². The monoisotopic (exact) mass is 1200 g/mol. The van der Waals surface area contributed by atoms with Crippen molar-refractivity contribution in [3.63, 3.8) is 0 Å². The summed E-state index contributed by atoms with van der Waals surface area (Å²) in [6.07, 6.45) is 95.6. The van der Waals surface area contributed by atoms with Crippen LogP contribution >= 0.6 is 0 Å². The highest BCUT2D eigenvalue weighted by Gasteiger charge is 2.20. The lowest BCUT2D eigenvalue weighted by atomic mass is 10.0. The lowest BCUT2D eigenvalue weighted by Gasteiger charge is -2.22.